The van der Waals surface area contributed by atoms with Gasteiger partial charge in [0.05, 0.1) is 19.5 Å². The van der Waals surface area contributed by atoms with E-state index in [-0.39, 0.29) is 0 Å². The van der Waals surface area contributed by atoms with E-state index in [9.17, 15) is 5.11 Å². The summed E-state index contributed by atoms with van der Waals surface area (Å²) >= 11 is 6.15. The minimum absolute atomic E-state index is 0.363. The molecule has 0 fully saturated rings. The molecule has 0 spiro atoms. The summed E-state index contributed by atoms with van der Waals surface area (Å²) in [4.78, 5) is 4.02. The molecule has 1 atom stereocenters. The fraction of sp³-hybridized carbons (Fsp3) is 0.250. The fourth-order valence-corrected chi connectivity index (χ4v) is 2.97. The van der Waals surface area contributed by atoms with Gasteiger partial charge in [-0.2, -0.15) is 0 Å². The van der Waals surface area contributed by atoms with Crippen LogP contribution in [0.1, 0.15) is 18.1 Å². The van der Waals surface area contributed by atoms with E-state index in [1.54, 1.807) is 31.6 Å². The number of hydrogen-bond acceptors (Lipinski definition) is 3. The van der Waals surface area contributed by atoms with Crippen LogP contribution in [-0.4, -0.2) is 21.3 Å². The summed E-state index contributed by atoms with van der Waals surface area (Å²) in [5.74, 6) is 0.644. The summed E-state index contributed by atoms with van der Waals surface area (Å²) in [7, 11) is 0. The Morgan fingerprint density at radius 3 is 2.72 bits per heavy atom. The molecule has 0 saturated carbocycles. The molecule has 0 bridgehead atoms. The van der Waals surface area contributed by atoms with Crippen molar-refractivity contribution in [2.24, 2.45) is 0 Å². The van der Waals surface area contributed by atoms with Crippen LogP contribution in [0.25, 0.3) is 0 Å². The Labute approximate surface area is 152 Å². The zero-order valence-corrected chi connectivity index (χ0v) is 14.9. The van der Waals surface area contributed by atoms with Crippen molar-refractivity contribution in [3.63, 3.8) is 0 Å². The first-order chi connectivity index (χ1) is 12.0. The molecule has 1 heterocycles. The average molecular weight is 357 g/mol. The normalized spacial score (nSPS) is 13.4. The van der Waals surface area contributed by atoms with Crippen LogP contribution in [0.15, 0.2) is 67.3 Å². The molecule has 5 heteroatoms. The third-order valence-corrected chi connectivity index (χ3v) is 4.30. The van der Waals surface area contributed by atoms with E-state index in [2.05, 4.69) is 17.1 Å². The van der Waals surface area contributed by atoms with Gasteiger partial charge in [-0.15, -0.1) is 0 Å². The number of aliphatic hydroxyl groups is 1. The maximum absolute atomic E-state index is 11.0. The third kappa shape index (κ3) is 4.62. The van der Waals surface area contributed by atoms with Crippen LogP contribution in [0.5, 0.6) is 5.75 Å². The van der Waals surface area contributed by atoms with Crippen LogP contribution in [0, 0.1) is 0 Å². The van der Waals surface area contributed by atoms with Crippen molar-refractivity contribution in [2.45, 2.75) is 25.5 Å². The summed E-state index contributed by atoms with van der Waals surface area (Å²) < 4.78 is 7.79. The quantitative estimate of drug-likeness (QED) is 0.694. The van der Waals surface area contributed by atoms with Crippen molar-refractivity contribution in [2.75, 3.05) is 6.61 Å². The van der Waals surface area contributed by atoms with E-state index in [4.69, 9.17) is 16.3 Å². The number of rotatable bonds is 7. The second kappa shape index (κ2) is 7.72. The molecule has 0 amide bonds. The monoisotopic (exact) mass is 356 g/mol. The molecule has 3 rings (SSSR count). The second-order valence-electron chi connectivity index (χ2n) is 6.23. The molecule has 2 aromatic carbocycles. The van der Waals surface area contributed by atoms with Crippen LogP contribution in [0.2, 0.25) is 5.02 Å². The molecule has 4 nitrogen and oxygen atoms in total. The smallest absolute Gasteiger partial charge is 0.125 e. The molecular formula is C20H21ClN2O2. The van der Waals surface area contributed by atoms with Crippen molar-refractivity contribution in [1.82, 2.24) is 9.55 Å². The van der Waals surface area contributed by atoms with Crippen LogP contribution >= 0.6 is 11.6 Å². The van der Waals surface area contributed by atoms with Crippen molar-refractivity contribution in [3.05, 3.63) is 83.4 Å². The van der Waals surface area contributed by atoms with Gasteiger partial charge in [0, 0.05) is 29.4 Å². The highest BCUT2D eigenvalue weighted by atomic mass is 35.5. The maximum Gasteiger partial charge on any atom is 0.125 e. The summed E-state index contributed by atoms with van der Waals surface area (Å²) in [6.07, 6.45) is 5.97. The van der Waals surface area contributed by atoms with Gasteiger partial charge in [0.1, 0.15) is 11.4 Å². The van der Waals surface area contributed by atoms with Gasteiger partial charge in [0.15, 0.2) is 0 Å². The van der Waals surface area contributed by atoms with Crippen LogP contribution in [0.3, 0.4) is 0 Å². The lowest BCUT2D eigenvalue weighted by molar-refractivity contribution is 0.0352. The van der Waals surface area contributed by atoms with Crippen LogP contribution in [-0.2, 0) is 18.6 Å². The highest BCUT2D eigenvalue weighted by molar-refractivity contribution is 6.30. The zero-order chi connectivity index (χ0) is 17.7. The van der Waals surface area contributed by atoms with Gasteiger partial charge < -0.3 is 14.4 Å². The van der Waals surface area contributed by atoms with Gasteiger partial charge in [-0.05, 0) is 30.7 Å². The molecule has 0 aliphatic rings. The Hall–Kier alpha value is -2.30. The first-order valence-corrected chi connectivity index (χ1v) is 8.57. The van der Waals surface area contributed by atoms with Crippen molar-refractivity contribution in [1.29, 1.82) is 0 Å². The third-order valence-electron chi connectivity index (χ3n) is 4.06. The largest absolute Gasteiger partial charge is 0.493 e. The first-order valence-electron chi connectivity index (χ1n) is 8.19. The molecule has 1 unspecified atom stereocenters. The van der Waals surface area contributed by atoms with Gasteiger partial charge in [0.25, 0.3) is 0 Å². The van der Waals surface area contributed by atoms with Crippen molar-refractivity contribution in [3.8, 4) is 5.75 Å². The zero-order valence-electron chi connectivity index (χ0n) is 14.1. The standard InChI is InChI=1S/C20H21ClN2O2/c1-20(24,14-23-11-10-22-15-23)18-13-17(21)7-8-19(18)25-12-9-16-5-3-2-4-6-16/h2-8,10-11,13,15,24H,9,12,14H2,1H3. The summed E-state index contributed by atoms with van der Waals surface area (Å²) in [6, 6.07) is 15.5. The molecule has 0 saturated heterocycles. The molecule has 1 aromatic heterocycles. The Bertz CT molecular complexity index is 802. The number of nitrogens with zero attached hydrogens (tertiary/aromatic N) is 2. The lowest BCUT2D eigenvalue weighted by Gasteiger charge is -2.27. The summed E-state index contributed by atoms with van der Waals surface area (Å²) in [5, 5.41) is 11.6. The van der Waals surface area contributed by atoms with Crippen LogP contribution < -0.4 is 4.74 Å². The van der Waals surface area contributed by atoms with E-state index in [0.717, 1.165) is 6.42 Å². The van der Waals surface area contributed by atoms with Crippen molar-refractivity contribution < 1.29 is 9.84 Å². The molecule has 1 N–H and O–H groups in total. The van der Waals surface area contributed by atoms with E-state index < -0.39 is 5.60 Å². The van der Waals surface area contributed by atoms with Gasteiger partial charge in [0.2, 0.25) is 0 Å². The Morgan fingerprint density at radius 2 is 2.00 bits per heavy atom. The topological polar surface area (TPSA) is 47.3 Å². The lowest BCUT2D eigenvalue weighted by atomic mass is 9.95. The van der Waals surface area contributed by atoms with E-state index in [1.165, 1.54) is 5.56 Å². The first kappa shape index (κ1) is 17.5. The summed E-state index contributed by atoms with van der Waals surface area (Å²) in [6.45, 7) is 2.64. The van der Waals surface area contributed by atoms with E-state index >= 15 is 0 Å². The Kier molecular flexibility index (Phi) is 5.41. The van der Waals surface area contributed by atoms with Crippen LogP contribution in [0.4, 0.5) is 0 Å². The van der Waals surface area contributed by atoms with Gasteiger partial charge in [-0.25, -0.2) is 4.98 Å². The number of hydrogen-bond donors (Lipinski definition) is 1. The minimum Gasteiger partial charge on any atom is -0.493 e. The molecule has 130 valence electrons. The van der Waals surface area contributed by atoms with E-state index in [0.29, 0.717) is 29.5 Å². The SMILES string of the molecule is CC(O)(Cn1ccnc1)c1cc(Cl)ccc1OCCc1ccccc1. The van der Waals surface area contributed by atoms with E-state index in [1.807, 2.05) is 35.0 Å². The molecular weight excluding hydrogens is 336 g/mol. The molecule has 0 aliphatic heterocycles. The van der Waals surface area contributed by atoms with Gasteiger partial charge in [-0.3, -0.25) is 0 Å². The molecule has 25 heavy (non-hydrogen) atoms. The molecule has 3 aromatic rings. The average Bonchev–Trinajstić information content (AvgIpc) is 3.09. The highest BCUT2D eigenvalue weighted by Crippen LogP contribution is 2.33. The highest BCUT2D eigenvalue weighted by Gasteiger charge is 2.28. The Morgan fingerprint density at radius 1 is 1.20 bits per heavy atom. The predicted molar refractivity (Wildman–Crippen MR) is 98.9 cm³/mol. The van der Waals surface area contributed by atoms with Gasteiger partial charge >= 0.3 is 0 Å². The number of aromatic nitrogens is 2. The number of ether oxygens (including phenoxy) is 1. The second-order valence-corrected chi connectivity index (χ2v) is 6.67. The van der Waals surface area contributed by atoms with Crippen molar-refractivity contribution >= 4 is 11.6 Å². The molecule has 0 radical (unpaired) electrons. The number of benzene rings is 2. The summed E-state index contributed by atoms with van der Waals surface area (Å²) in [5.41, 5.74) is 0.748. The van der Waals surface area contributed by atoms with Gasteiger partial charge in [-0.1, -0.05) is 41.9 Å². The fourth-order valence-electron chi connectivity index (χ4n) is 2.79. The minimum atomic E-state index is -1.13. The number of imidazole rings is 1. The maximum atomic E-state index is 11.0. The lowest BCUT2D eigenvalue weighted by Crippen LogP contribution is -2.28. The molecule has 0 aliphatic carbocycles. The predicted octanol–water partition coefficient (Wildman–Crippen LogP) is 4.07. The number of halogens is 1. The Balaban J connectivity index is 1.75.